The van der Waals surface area contributed by atoms with Gasteiger partial charge in [0, 0.05) is 11.8 Å². The zero-order chi connectivity index (χ0) is 20.3. The molecule has 0 aliphatic rings. The molecule has 0 aliphatic carbocycles. The summed E-state index contributed by atoms with van der Waals surface area (Å²) in [5, 5.41) is 8.88. The minimum atomic E-state index is 0.591. The third-order valence-electron chi connectivity index (χ3n) is 5.44. The number of nitriles is 1. The quantitative estimate of drug-likeness (QED) is 0.357. The number of unbranched alkanes of at least 4 members (excludes halogenated alkanes) is 4. The Bertz CT molecular complexity index is 901. The molecule has 1 aromatic heterocycles. The molecule has 1 heterocycles. The first-order chi connectivity index (χ1) is 14.3. The van der Waals surface area contributed by atoms with Gasteiger partial charge in [0.05, 0.1) is 11.3 Å². The van der Waals surface area contributed by atoms with Crippen molar-refractivity contribution < 1.29 is 0 Å². The van der Waals surface area contributed by atoms with Crippen LogP contribution in [0.4, 0.5) is 0 Å². The fourth-order valence-electron chi connectivity index (χ4n) is 3.57. The van der Waals surface area contributed by atoms with Gasteiger partial charge >= 0.3 is 0 Å². The average molecular weight is 383 g/mol. The molecule has 148 valence electrons. The number of benzene rings is 2. The monoisotopic (exact) mass is 382 g/mol. The van der Waals surface area contributed by atoms with Crippen molar-refractivity contribution in [2.45, 2.75) is 58.3 Å². The van der Waals surface area contributed by atoms with Crippen molar-refractivity contribution in [3.63, 3.8) is 0 Å². The Balaban J connectivity index is 1.47. The maximum absolute atomic E-state index is 8.88. The van der Waals surface area contributed by atoms with Gasteiger partial charge in [0.15, 0.2) is 0 Å². The standard InChI is InChI=1S/C27H30N2/c1-2-3-4-5-6-7-22-8-10-23(11-9-22)12-13-24-14-17-26(18-15-24)27-19-16-25(20-28)21-29-27/h8-11,14-19,21H,2-7,12-13H2,1H3. The molecular formula is C27H30N2. The molecule has 0 unspecified atom stereocenters. The van der Waals surface area contributed by atoms with E-state index in [4.69, 9.17) is 5.26 Å². The van der Waals surface area contributed by atoms with E-state index in [-0.39, 0.29) is 0 Å². The summed E-state index contributed by atoms with van der Waals surface area (Å²) < 4.78 is 0. The Morgan fingerprint density at radius 2 is 1.28 bits per heavy atom. The molecule has 0 bridgehead atoms. The molecular weight excluding hydrogens is 352 g/mol. The van der Waals surface area contributed by atoms with Gasteiger partial charge < -0.3 is 0 Å². The molecule has 3 rings (SSSR count). The fraction of sp³-hybridized carbons (Fsp3) is 0.333. The van der Waals surface area contributed by atoms with Gasteiger partial charge in [-0.25, -0.2) is 0 Å². The molecule has 0 amide bonds. The normalized spacial score (nSPS) is 10.6. The van der Waals surface area contributed by atoms with Crippen LogP contribution in [0.3, 0.4) is 0 Å². The Hall–Kier alpha value is -2.92. The largest absolute Gasteiger partial charge is 0.255 e. The molecule has 29 heavy (non-hydrogen) atoms. The van der Waals surface area contributed by atoms with Gasteiger partial charge in [-0.2, -0.15) is 5.26 Å². The first-order valence-electron chi connectivity index (χ1n) is 10.8. The Morgan fingerprint density at radius 3 is 1.83 bits per heavy atom. The van der Waals surface area contributed by atoms with Crippen LogP contribution in [-0.2, 0) is 19.3 Å². The predicted molar refractivity (Wildman–Crippen MR) is 121 cm³/mol. The molecule has 2 aromatic carbocycles. The highest BCUT2D eigenvalue weighted by atomic mass is 14.7. The summed E-state index contributed by atoms with van der Waals surface area (Å²) in [6, 6.07) is 23.6. The second kappa shape index (κ2) is 11.2. The molecule has 0 atom stereocenters. The number of hydrogen-bond acceptors (Lipinski definition) is 2. The number of aromatic nitrogens is 1. The van der Waals surface area contributed by atoms with Gasteiger partial charge in [0.25, 0.3) is 0 Å². The van der Waals surface area contributed by atoms with E-state index in [0.717, 1.165) is 24.1 Å². The summed E-state index contributed by atoms with van der Waals surface area (Å²) in [6.07, 6.45) is 11.6. The van der Waals surface area contributed by atoms with E-state index in [1.807, 2.05) is 12.1 Å². The average Bonchev–Trinajstić information content (AvgIpc) is 2.79. The van der Waals surface area contributed by atoms with Crippen LogP contribution < -0.4 is 0 Å². The highest BCUT2D eigenvalue weighted by Crippen LogP contribution is 2.19. The molecule has 0 fully saturated rings. The molecule has 3 aromatic rings. The number of rotatable bonds is 10. The van der Waals surface area contributed by atoms with E-state index in [0.29, 0.717) is 5.56 Å². The minimum absolute atomic E-state index is 0.591. The lowest BCUT2D eigenvalue weighted by atomic mass is 10.00. The Kier molecular flexibility index (Phi) is 8.01. The molecule has 0 spiro atoms. The summed E-state index contributed by atoms with van der Waals surface area (Å²) in [6.45, 7) is 2.26. The van der Waals surface area contributed by atoms with E-state index >= 15 is 0 Å². The van der Waals surface area contributed by atoms with Crippen LogP contribution in [0.15, 0.2) is 66.9 Å². The molecule has 0 radical (unpaired) electrons. The predicted octanol–water partition coefficient (Wildman–Crippen LogP) is 6.92. The number of aryl methyl sites for hydroxylation is 3. The SMILES string of the molecule is CCCCCCCc1ccc(CCc2ccc(-c3ccc(C#N)cn3)cc2)cc1. The van der Waals surface area contributed by atoms with Gasteiger partial charge in [0.2, 0.25) is 0 Å². The number of pyridine rings is 1. The van der Waals surface area contributed by atoms with Crippen LogP contribution in [0.2, 0.25) is 0 Å². The molecule has 2 heteroatoms. The number of nitrogens with zero attached hydrogens (tertiary/aromatic N) is 2. The van der Waals surface area contributed by atoms with Gasteiger partial charge in [0.1, 0.15) is 6.07 Å². The van der Waals surface area contributed by atoms with Crippen molar-refractivity contribution in [3.05, 3.63) is 89.1 Å². The van der Waals surface area contributed by atoms with Crippen molar-refractivity contribution >= 4 is 0 Å². The molecule has 0 saturated carbocycles. The smallest absolute Gasteiger partial charge is 0.101 e. The summed E-state index contributed by atoms with van der Waals surface area (Å²) in [7, 11) is 0. The highest BCUT2D eigenvalue weighted by Gasteiger charge is 2.02. The van der Waals surface area contributed by atoms with Crippen LogP contribution in [0.1, 0.15) is 61.3 Å². The highest BCUT2D eigenvalue weighted by molar-refractivity contribution is 5.59. The number of hydrogen-bond donors (Lipinski definition) is 0. The third kappa shape index (κ3) is 6.57. The second-order valence-corrected chi connectivity index (χ2v) is 7.72. The topological polar surface area (TPSA) is 36.7 Å². The summed E-state index contributed by atoms with van der Waals surface area (Å²) in [5.41, 5.74) is 6.78. The first kappa shape index (κ1) is 20.8. The van der Waals surface area contributed by atoms with E-state index in [1.54, 1.807) is 6.20 Å². The van der Waals surface area contributed by atoms with E-state index in [1.165, 1.54) is 55.2 Å². The van der Waals surface area contributed by atoms with Crippen molar-refractivity contribution in [1.82, 2.24) is 4.98 Å². The lowest BCUT2D eigenvalue weighted by Gasteiger charge is -2.06. The molecule has 0 aliphatic heterocycles. The minimum Gasteiger partial charge on any atom is -0.255 e. The zero-order valence-corrected chi connectivity index (χ0v) is 17.4. The second-order valence-electron chi connectivity index (χ2n) is 7.72. The van der Waals surface area contributed by atoms with Crippen molar-refractivity contribution in [2.24, 2.45) is 0 Å². The van der Waals surface area contributed by atoms with Crippen molar-refractivity contribution in [1.29, 1.82) is 5.26 Å². The maximum atomic E-state index is 8.88. The van der Waals surface area contributed by atoms with E-state index in [2.05, 4.69) is 66.5 Å². The summed E-state index contributed by atoms with van der Waals surface area (Å²) >= 11 is 0. The Morgan fingerprint density at radius 1 is 0.690 bits per heavy atom. The van der Waals surface area contributed by atoms with Crippen LogP contribution in [-0.4, -0.2) is 4.98 Å². The third-order valence-corrected chi connectivity index (χ3v) is 5.44. The molecule has 0 N–H and O–H groups in total. The van der Waals surface area contributed by atoms with Crippen LogP contribution >= 0.6 is 0 Å². The van der Waals surface area contributed by atoms with E-state index in [9.17, 15) is 0 Å². The zero-order valence-electron chi connectivity index (χ0n) is 17.4. The summed E-state index contributed by atoms with van der Waals surface area (Å²) in [5.74, 6) is 0. The fourth-order valence-corrected chi connectivity index (χ4v) is 3.57. The van der Waals surface area contributed by atoms with Gasteiger partial charge in [-0.05, 0) is 54.5 Å². The van der Waals surface area contributed by atoms with Gasteiger partial charge in [-0.15, -0.1) is 0 Å². The van der Waals surface area contributed by atoms with Gasteiger partial charge in [-0.1, -0.05) is 81.1 Å². The Labute approximate surface area is 175 Å². The van der Waals surface area contributed by atoms with E-state index < -0.39 is 0 Å². The first-order valence-corrected chi connectivity index (χ1v) is 10.8. The molecule has 0 saturated heterocycles. The lowest BCUT2D eigenvalue weighted by molar-refractivity contribution is 0.632. The van der Waals surface area contributed by atoms with Crippen molar-refractivity contribution in [2.75, 3.05) is 0 Å². The van der Waals surface area contributed by atoms with Crippen LogP contribution in [0, 0.1) is 11.3 Å². The van der Waals surface area contributed by atoms with Crippen LogP contribution in [0.5, 0.6) is 0 Å². The van der Waals surface area contributed by atoms with Gasteiger partial charge in [-0.3, -0.25) is 4.98 Å². The molecule has 2 nitrogen and oxygen atoms in total. The summed E-state index contributed by atoms with van der Waals surface area (Å²) in [4.78, 5) is 4.36. The van der Waals surface area contributed by atoms with Crippen LogP contribution in [0.25, 0.3) is 11.3 Å². The maximum Gasteiger partial charge on any atom is 0.101 e. The lowest BCUT2D eigenvalue weighted by Crippen LogP contribution is -1.93. The van der Waals surface area contributed by atoms with Crippen molar-refractivity contribution in [3.8, 4) is 17.3 Å².